The minimum atomic E-state index is -0.381. The molecule has 0 aromatic heterocycles. The molecule has 0 aliphatic rings. The van der Waals surface area contributed by atoms with Crippen molar-refractivity contribution in [2.45, 2.75) is 13.8 Å². The lowest BCUT2D eigenvalue weighted by molar-refractivity contribution is -0.383. The summed E-state index contributed by atoms with van der Waals surface area (Å²) in [7, 11) is 0. The average molecular weight is 242 g/mol. The number of nitrogens with one attached hydrogen (secondary N) is 1. The fourth-order valence-electron chi connectivity index (χ4n) is 1.75. The summed E-state index contributed by atoms with van der Waals surface area (Å²) < 4.78 is 0. The molecule has 0 aliphatic heterocycles. The largest absolute Gasteiger partial charge is 0.350 e. The highest BCUT2D eigenvalue weighted by Gasteiger charge is 2.12. The van der Waals surface area contributed by atoms with Gasteiger partial charge in [-0.15, -0.1) is 0 Å². The zero-order valence-corrected chi connectivity index (χ0v) is 10.3. The molecule has 2 rings (SSSR count). The van der Waals surface area contributed by atoms with Gasteiger partial charge in [0.2, 0.25) is 0 Å². The number of nitro benzene ring substituents is 1. The third-order valence-electron chi connectivity index (χ3n) is 2.76. The second-order valence-corrected chi connectivity index (χ2v) is 4.22. The molecule has 0 aliphatic carbocycles. The van der Waals surface area contributed by atoms with Crippen LogP contribution < -0.4 is 5.32 Å². The topological polar surface area (TPSA) is 55.2 Å². The van der Waals surface area contributed by atoms with E-state index in [2.05, 4.69) is 5.32 Å². The monoisotopic (exact) mass is 242 g/mol. The van der Waals surface area contributed by atoms with E-state index in [0.29, 0.717) is 5.69 Å². The lowest BCUT2D eigenvalue weighted by Crippen LogP contribution is -1.98. The highest BCUT2D eigenvalue weighted by Crippen LogP contribution is 2.28. The van der Waals surface area contributed by atoms with E-state index in [9.17, 15) is 10.1 Å². The zero-order valence-electron chi connectivity index (χ0n) is 10.3. The highest BCUT2D eigenvalue weighted by molar-refractivity contribution is 5.71. The summed E-state index contributed by atoms with van der Waals surface area (Å²) in [6.07, 6.45) is 0. The van der Waals surface area contributed by atoms with Crippen molar-refractivity contribution in [3.05, 3.63) is 63.7 Å². The zero-order chi connectivity index (χ0) is 13.1. The molecule has 1 N–H and O–H groups in total. The van der Waals surface area contributed by atoms with Crippen molar-refractivity contribution in [2.75, 3.05) is 5.32 Å². The summed E-state index contributed by atoms with van der Waals surface area (Å²) in [5, 5.41) is 14.1. The van der Waals surface area contributed by atoms with Crippen molar-refractivity contribution in [3.63, 3.8) is 0 Å². The fourth-order valence-corrected chi connectivity index (χ4v) is 1.75. The second kappa shape index (κ2) is 4.87. The van der Waals surface area contributed by atoms with Gasteiger partial charge in [-0.1, -0.05) is 24.3 Å². The molecule has 2 aromatic rings. The maximum atomic E-state index is 10.9. The van der Waals surface area contributed by atoms with Crippen LogP contribution in [0.15, 0.2) is 42.5 Å². The van der Waals surface area contributed by atoms with Gasteiger partial charge in [-0.25, -0.2) is 0 Å². The maximum Gasteiger partial charge on any atom is 0.292 e. The van der Waals surface area contributed by atoms with E-state index in [1.165, 1.54) is 6.07 Å². The Morgan fingerprint density at radius 3 is 2.50 bits per heavy atom. The van der Waals surface area contributed by atoms with Crippen LogP contribution in [0.2, 0.25) is 0 Å². The molecule has 0 heterocycles. The number of benzene rings is 2. The lowest BCUT2D eigenvalue weighted by Gasteiger charge is -2.10. The van der Waals surface area contributed by atoms with Crippen LogP contribution in [0.25, 0.3) is 0 Å². The Kier molecular flexibility index (Phi) is 3.28. The van der Waals surface area contributed by atoms with Gasteiger partial charge in [0.25, 0.3) is 5.69 Å². The molecule has 0 amide bonds. The molecule has 0 saturated carbocycles. The van der Waals surface area contributed by atoms with Gasteiger partial charge >= 0.3 is 0 Å². The van der Waals surface area contributed by atoms with E-state index in [4.69, 9.17) is 0 Å². The minimum Gasteiger partial charge on any atom is -0.350 e. The number of rotatable bonds is 3. The normalized spacial score (nSPS) is 10.1. The Hall–Kier alpha value is -2.36. The van der Waals surface area contributed by atoms with Gasteiger partial charge in [0, 0.05) is 11.8 Å². The van der Waals surface area contributed by atoms with Crippen LogP contribution in [0.1, 0.15) is 11.1 Å². The molecule has 0 unspecified atom stereocenters. The number of anilines is 2. The quantitative estimate of drug-likeness (QED) is 0.654. The van der Waals surface area contributed by atoms with E-state index in [1.807, 2.05) is 32.0 Å². The number of para-hydroxylation sites is 2. The molecule has 0 radical (unpaired) electrons. The molecular formula is C14H14N2O2. The van der Waals surface area contributed by atoms with Crippen molar-refractivity contribution in [1.29, 1.82) is 0 Å². The number of nitro groups is 1. The first-order chi connectivity index (χ1) is 8.58. The summed E-state index contributed by atoms with van der Waals surface area (Å²) in [5.74, 6) is 0. The Labute approximate surface area is 105 Å². The van der Waals surface area contributed by atoms with Gasteiger partial charge in [-0.3, -0.25) is 10.1 Å². The minimum absolute atomic E-state index is 0.0819. The molecule has 0 saturated heterocycles. The van der Waals surface area contributed by atoms with E-state index >= 15 is 0 Å². The number of hydrogen-bond acceptors (Lipinski definition) is 3. The van der Waals surface area contributed by atoms with Crippen LogP contribution in [0.3, 0.4) is 0 Å². The maximum absolute atomic E-state index is 10.9. The Morgan fingerprint density at radius 2 is 1.78 bits per heavy atom. The number of nitrogens with zero attached hydrogens (tertiary/aromatic N) is 1. The Morgan fingerprint density at radius 1 is 1.06 bits per heavy atom. The van der Waals surface area contributed by atoms with Crippen molar-refractivity contribution in [3.8, 4) is 0 Å². The second-order valence-electron chi connectivity index (χ2n) is 4.22. The van der Waals surface area contributed by atoms with Gasteiger partial charge in [-0.05, 0) is 37.1 Å². The van der Waals surface area contributed by atoms with Crippen LogP contribution in [0.5, 0.6) is 0 Å². The van der Waals surface area contributed by atoms with Crippen LogP contribution in [0.4, 0.5) is 17.1 Å². The predicted octanol–water partition coefficient (Wildman–Crippen LogP) is 3.96. The number of aryl methyl sites for hydroxylation is 2. The number of hydrogen-bond donors (Lipinski definition) is 1. The van der Waals surface area contributed by atoms with E-state index in [-0.39, 0.29) is 10.6 Å². The highest BCUT2D eigenvalue weighted by atomic mass is 16.6. The molecule has 0 atom stereocenters. The van der Waals surface area contributed by atoms with Crippen molar-refractivity contribution in [1.82, 2.24) is 0 Å². The van der Waals surface area contributed by atoms with E-state index in [0.717, 1.165) is 16.8 Å². The summed E-state index contributed by atoms with van der Waals surface area (Å²) in [6.45, 7) is 3.96. The predicted molar refractivity (Wildman–Crippen MR) is 72.3 cm³/mol. The molecule has 18 heavy (non-hydrogen) atoms. The first-order valence-electron chi connectivity index (χ1n) is 5.65. The molecule has 4 heteroatoms. The first kappa shape index (κ1) is 12.1. The molecule has 0 spiro atoms. The van der Waals surface area contributed by atoms with Crippen LogP contribution in [-0.4, -0.2) is 4.92 Å². The molecule has 4 nitrogen and oxygen atoms in total. The molecule has 0 fully saturated rings. The van der Waals surface area contributed by atoms with E-state index in [1.54, 1.807) is 18.2 Å². The SMILES string of the molecule is Cc1ccc(C)c(Nc2ccccc2[N+](=O)[O-])c1. The smallest absolute Gasteiger partial charge is 0.292 e. The van der Waals surface area contributed by atoms with Crippen molar-refractivity contribution >= 4 is 17.1 Å². The lowest BCUT2D eigenvalue weighted by atomic mass is 10.1. The first-order valence-corrected chi connectivity index (χ1v) is 5.65. The van der Waals surface area contributed by atoms with Gasteiger partial charge in [0.15, 0.2) is 0 Å². The summed E-state index contributed by atoms with van der Waals surface area (Å²) in [6, 6.07) is 12.6. The summed E-state index contributed by atoms with van der Waals surface area (Å²) >= 11 is 0. The van der Waals surface area contributed by atoms with Gasteiger partial charge in [0.1, 0.15) is 5.69 Å². The van der Waals surface area contributed by atoms with Crippen molar-refractivity contribution in [2.24, 2.45) is 0 Å². The molecule has 92 valence electrons. The van der Waals surface area contributed by atoms with Crippen LogP contribution in [0, 0.1) is 24.0 Å². The third kappa shape index (κ3) is 2.48. The molecule has 0 bridgehead atoms. The fraction of sp³-hybridized carbons (Fsp3) is 0.143. The third-order valence-corrected chi connectivity index (χ3v) is 2.76. The summed E-state index contributed by atoms with van der Waals surface area (Å²) in [4.78, 5) is 10.5. The average Bonchev–Trinajstić information content (AvgIpc) is 2.34. The molecule has 2 aromatic carbocycles. The molecular weight excluding hydrogens is 228 g/mol. The van der Waals surface area contributed by atoms with Gasteiger partial charge < -0.3 is 5.32 Å². The Bertz CT molecular complexity index is 594. The Balaban J connectivity index is 2.40. The van der Waals surface area contributed by atoms with Crippen LogP contribution >= 0.6 is 0 Å². The van der Waals surface area contributed by atoms with Crippen molar-refractivity contribution < 1.29 is 4.92 Å². The standard InChI is InChI=1S/C14H14N2O2/c1-10-7-8-11(2)13(9-10)15-12-5-3-4-6-14(12)16(17)18/h3-9,15H,1-2H3. The van der Waals surface area contributed by atoms with Gasteiger partial charge in [-0.2, -0.15) is 0 Å². The summed E-state index contributed by atoms with van der Waals surface area (Å²) in [5.41, 5.74) is 3.65. The van der Waals surface area contributed by atoms with Crippen LogP contribution in [-0.2, 0) is 0 Å². The van der Waals surface area contributed by atoms with E-state index < -0.39 is 0 Å². The van der Waals surface area contributed by atoms with Gasteiger partial charge in [0.05, 0.1) is 4.92 Å².